The molecule has 1 aromatic heterocycles. The molecule has 244 valence electrons. The quantitative estimate of drug-likeness (QED) is 0.141. The molecule has 4 N–H and O–H groups in total. The standard InChI is InChI=1S/C33H35BN4O8S/c1-3-45-28(19-46-33(42)37-24-10-13-29(23(16-24)18-38(2)34)47(43,44)26-11-12-26)21-4-6-22(7-5-21)30(32(40)41)36-25-9-8-20-14-15-35-31(39)27(20)17-25/h4-10,13-17,26,28,30,36H,3,11-12,18-19H2,1-2H3,(H,35,39)(H,37,42)(H,40,41)/t28-,30?/m0/s1. The average molecular weight is 659 g/mol. The Bertz CT molecular complexity index is 1930. The Morgan fingerprint density at radius 3 is 2.40 bits per heavy atom. The Kier molecular flexibility index (Phi) is 10.3. The number of aromatic nitrogens is 1. The first-order valence-electron chi connectivity index (χ1n) is 15.0. The molecule has 1 saturated carbocycles. The molecule has 1 amide bonds. The lowest BCUT2D eigenvalue weighted by atomic mass is 10.0. The van der Waals surface area contributed by atoms with E-state index in [-0.39, 0.29) is 28.9 Å². The Hall–Kier alpha value is -4.66. The minimum atomic E-state index is -3.48. The van der Waals surface area contributed by atoms with Crippen LogP contribution in [-0.2, 0) is 30.7 Å². The molecule has 0 bridgehead atoms. The van der Waals surface area contributed by atoms with Gasteiger partial charge in [-0.15, -0.1) is 0 Å². The first-order chi connectivity index (χ1) is 22.5. The summed E-state index contributed by atoms with van der Waals surface area (Å²) in [7, 11) is 3.95. The molecule has 0 spiro atoms. The zero-order valence-electron chi connectivity index (χ0n) is 25.9. The number of H-pyrrole nitrogens is 1. The Labute approximate surface area is 273 Å². The highest BCUT2D eigenvalue weighted by Crippen LogP contribution is 2.36. The molecule has 1 unspecified atom stereocenters. The van der Waals surface area contributed by atoms with E-state index in [9.17, 15) is 27.9 Å². The second kappa shape index (κ2) is 14.4. The number of carboxylic acids is 1. The number of nitrogens with one attached hydrogen (secondary N) is 3. The average Bonchev–Trinajstić information content (AvgIpc) is 3.89. The number of aromatic amines is 1. The number of amides is 1. The van der Waals surface area contributed by atoms with Crippen LogP contribution >= 0.6 is 0 Å². The van der Waals surface area contributed by atoms with Crippen molar-refractivity contribution in [3.63, 3.8) is 0 Å². The molecular weight excluding hydrogens is 623 g/mol. The number of carbonyl (C=O) groups is 2. The molecule has 1 aliphatic rings. The normalized spacial score (nSPS) is 14.4. The molecule has 0 aliphatic heterocycles. The molecule has 1 aliphatic carbocycles. The number of ether oxygens (including phenoxy) is 2. The summed E-state index contributed by atoms with van der Waals surface area (Å²) in [6.45, 7) is 2.14. The summed E-state index contributed by atoms with van der Waals surface area (Å²) in [6, 6.07) is 17.0. The number of fused-ring (bicyclic) bond motifs is 1. The lowest BCUT2D eigenvalue weighted by Gasteiger charge is -2.20. The fourth-order valence-electron chi connectivity index (χ4n) is 5.26. The summed E-state index contributed by atoms with van der Waals surface area (Å²) < 4.78 is 37.1. The number of hydrogen-bond acceptors (Lipinski definition) is 9. The third-order valence-corrected chi connectivity index (χ3v) is 10.1. The van der Waals surface area contributed by atoms with Gasteiger partial charge in [-0.25, -0.2) is 18.0 Å². The Morgan fingerprint density at radius 2 is 1.74 bits per heavy atom. The van der Waals surface area contributed by atoms with Crippen LogP contribution in [0.1, 0.15) is 48.6 Å². The number of carboxylic acid groups (broad SMARTS) is 1. The smallest absolute Gasteiger partial charge is 0.411 e. The van der Waals surface area contributed by atoms with Crippen LogP contribution in [0.25, 0.3) is 10.8 Å². The van der Waals surface area contributed by atoms with Crippen LogP contribution in [0, 0.1) is 0 Å². The number of aliphatic carboxylic acids is 1. The van der Waals surface area contributed by atoms with Gasteiger partial charge in [-0.1, -0.05) is 30.3 Å². The van der Waals surface area contributed by atoms with Gasteiger partial charge in [0.1, 0.15) is 12.7 Å². The molecule has 47 heavy (non-hydrogen) atoms. The lowest BCUT2D eigenvalue weighted by Crippen LogP contribution is -2.22. The fraction of sp³-hybridized carbons (Fsp3) is 0.303. The molecule has 1 heterocycles. The van der Waals surface area contributed by atoms with Crippen molar-refractivity contribution in [1.29, 1.82) is 0 Å². The predicted octanol–water partition coefficient (Wildman–Crippen LogP) is 4.54. The molecule has 3 aromatic carbocycles. The molecule has 2 atom stereocenters. The maximum absolute atomic E-state index is 12.9. The third-order valence-electron chi connectivity index (χ3n) is 7.70. The van der Waals surface area contributed by atoms with E-state index in [2.05, 4.69) is 15.6 Å². The van der Waals surface area contributed by atoms with Crippen LogP contribution in [0.3, 0.4) is 0 Å². The maximum Gasteiger partial charge on any atom is 0.411 e. The van der Waals surface area contributed by atoms with Crippen molar-refractivity contribution in [3.05, 3.63) is 100.0 Å². The number of nitrogens with zero attached hydrogens (tertiary/aromatic N) is 1. The van der Waals surface area contributed by atoms with E-state index in [0.29, 0.717) is 52.9 Å². The summed E-state index contributed by atoms with van der Waals surface area (Å²) >= 11 is 0. The van der Waals surface area contributed by atoms with Gasteiger partial charge in [-0.3, -0.25) is 10.1 Å². The summed E-state index contributed by atoms with van der Waals surface area (Å²) in [4.78, 5) is 41.3. The predicted molar refractivity (Wildman–Crippen MR) is 178 cm³/mol. The highest BCUT2D eigenvalue weighted by atomic mass is 32.2. The SMILES string of the molecule is [B]N(C)Cc1cc(NC(=O)OC[C@H](OCC)c2ccc(C(Nc3ccc4cc[nH]c(=O)c4c3)C(=O)O)cc2)ccc1S(=O)(=O)C1CC1. The van der Waals surface area contributed by atoms with Gasteiger partial charge in [0.2, 0.25) is 0 Å². The molecule has 14 heteroatoms. The van der Waals surface area contributed by atoms with Gasteiger partial charge in [0.15, 0.2) is 23.9 Å². The monoisotopic (exact) mass is 658 g/mol. The van der Waals surface area contributed by atoms with Gasteiger partial charge < -0.3 is 29.7 Å². The van der Waals surface area contributed by atoms with Crippen molar-refractivity contribution in [2.45, 2.75) is 48.6 Å². The van der Waals surface area contributed by atoms with Gasteiger partial charge in [0, 0.05) is 36.1 Å². The van der Waals surface area contributed by atoms with E-state index in [1.807, 2.05) is 0 Å². The van der Waals surface area contributed by atoms with Crippen LogP contribution in [0.2, 0.25) is 0 Å². The minimum Gasteiger partial charge on any atom is -0.479 e. The maximum atomic E-state index is 12.9. The third kappa shape index (κ3) is 8.20. The number of rotatable bonds is 14. The molecule has 1 fully saturated rings. The molecule has 2 radical (unpaired) electrons. The summed E-state index contributed by atoms with van der Waals surface area (Å²) in [6.07, 6.45) is 1.40. The zero-order chi connectivity index (χ0) is 33.7. The fourth-order valence-corrected chi connectivity index (χ4v) is 7.12. The summed E-state index contributed by atoms with van der Waals surface area (Å²) in [5, 5.41) is 16.4. The molecule has 4 aromatic rings. The second-order valence-electron chi connectivity index (χ2n) is 11.3. The molecule has 5 rings (SSSR count). The van der Waals surface area contributed by atoms with E-state index in [4.69, 9.17) is 17.5 Å². The van der Waals surface area contributed by atoms with E-state index in [0.717, 1.165) is 5.39 Å². The van der Waals surface area contributed by atoms with Gasteiger partial charge in [-0.05, 0) is 85.3 Å². The number of hydrogen-bond donors (Lipinski definition) is 4. The van der Waals surface area contributed by atoms with Gasteiger partial charge in [-0.2, -0.15) is 0 Å². The lowest BCUT2D eigenvalue weighted by molar-refractivity contribution is -0.138. The number of carbonyl (C=O) groups excluding carboxylic acids is 1. The van der Waals surface area contributed by atoms with Crippen molar-refractivity contribution in [2.24, 2.45) is 0 Å². The molecule has 0 saturated heterocycles. The summed E-state index contributed by atoms with van der Waals surface area (Å²) in [5.74, 6) is -1.11. The van der Waals surface area contributed by atoms with Crippen LogP contribution < -0.4 is 16.2 Å². The Morgan fingerprint density at radius 1 is 1.04 bits per heavy atom. The van der Waals surface area contributed by atoms with Gasteiger partial charge >= 0.3 is 12.1 Å². The highest BCUT2D eigenvalue weighted by Gasteiger charge is 2.38. The number of pyridine rings is 1. The van der Waals surface area contributed by atoms with E-state index >= 15 is 0 Å². The molecule has 12 nitrogen and oxygen atoms in total. The van der Waals surface area contributed by atoms with Gasteiger partial charge in [0.05, 0.1) is 10.1 Å². The number of benzene rings is 3. The van der Waals surface area contributed by atoms with E-state index in [1.54, 1.807) is 74.8 Å². The largest absolute Gasteiger partial charge is 0.479 e. The van der Waals surface area contributed by atoms with Crippen molar-refractivity contribution in [3.8, 4) is 0 Å². The highest BCUT2D eigenvalue weighted by molar-refractivity contribution is 7.92. The topological polar surface area (TPSA) is 167 Å². The minimum absolute atomic E-state index is 0.141. The van der Waals surface area contributed by atoms with Crippen LogP contribution in [0.15, 0.2) is 82.6 Å². The number of anilines is 2. The first kappa shape index (κ1) is 33.7. The van der Waals surface area contributed by atoms with Crippen LogP contribution in [0.4, 0.5) is 16.2 Å². The van der Waals surface area contributed by atoms with Crippen LogP contribution in [-0.4, -0.2) is 68.9 Å². The first-order valence-corrected chi connectivity index (χ1v) is 16.6. The van der Waals surface area contributed by atoms with E-state index in [1.165, 1.54) is 16.9 Å². The van der Waals surface area contributed by atoms with Gasteiger partial charge in [0.25, 0.3) is 5.56 Å². The van der Waals surface area contributed by atoms with Crippen molar-refractivity contribution in [1.82, 2.24) is 9.79 Å². The van der Waals surface area contributed by atoms with Crippen LogP contribution in [0.5, 0.6) is 0 Å². The second-order valence-corrected chi connectivity index (χ2v) is 13.5. The molecular formula is C33H35BN4O8S. The van der Waals surface area contributed by atoms with Crippen molar-refractivity contribution in [2.75, 3.05) is 30.9 Å². The number of sulfone groups is 1. The zero-order valence-corrected chi connectivity index (χ0v) is 26.8. The Balaban J connectivity index is 1.25. The van der Waals surface area contributed by atoms with Crippen molar-refractivity contribution >= 4 is 52.0 Å². The van der Waals surface area contributed by atoms with Crippen molar-refractivity contribution < 1.29 is 32.6 Å². The summed E-state index contributed by atoms with van der Waals surface area (Å²) in [5.41, 5.74) is 2.13. The van der Waals surface area contributed by atoms with E-state index < -0.39 is 34.0 Å².